The lowest BCUT2D eigenvalue weighted by Gasteiger charge is -2.31. The fourth-order valence-electron chi connectivity index (χ4n) is 3.39. The van der Waals surface area contributed by atoms with Crippen LogP contribution in [0.2, 0.25) is 0 Å². The fraction of sp³-hybridized carbons (Fsp3) is 0.208. The Labute approximate surface area is 185 Å². The van der Waals surface area contributed by atoms with Gasteiger partial charge in [0.05, 0.1) is 16.9 Å². The molecule has 1 aromatic heterocycles. The predicted octanol–water partition coefficient (Wildman–Crippen LogP) is 6.22. The number of hydrogen-bond acceptors (Lipinski definition) is 5. The van der Waals surface area contributed by atoms with Crippen molar-refractivity contribution in [3.63, 3.8) is 0 Å². The van der Waals surface area contributed by atoms with Crippen LogP contribution < -0.4 is 4.90 Å². The number of aromatic nitrogens is 1. The minimum Gasteiger partial charge on any atom is -0.279 e. The van der Waals surface area contributed by atoms with Gasteiger partial charge in [-0.05, 0) is 42.8 Å². The Morgan fingerprint density at radius 2 is 1.73 bits per heavy atom. The number of hydrogen-bond donors (Lipinski definition) is 0. The van der Waals surface area contributed by atoms with Gasteiger partial charge in [-0.3, -0.25) is 9.69 Å². The first-order valence-corrected chi connectivity index (χ1v) is 11.7. The summed E-state index contributed by atoms with van der Waals surface area (Å²) in [6.07, 6.45) is 2.26. The molecule has 1 aliphatic rings. The van der Waals surface area contributed by atoms with Crippen LogP contribution in [0.4, 0.5) is 11.4 Å². The predicted molar refractivity (Wildman–Crippen MR) is 122 cm³/mol. The lowest BCUT2D eigenvalue weighted by Crippen LogP contribution is -2.28. The van der Waals surface area contributed by atoms with Crippen LogP contribution in [0.3, 0.4) is 0 Å². The molecule has 0 unspecified atom stereocenters. The second-order valence-corrected chi connectivity index (χ2v) is 9.05. The van der Waals surface area contributed by atoms with Crippen molar-refractivity contribution in [2.24, 2.45) is 0 Å². The van der Waals surface area contributed by atoms with Crippen molar-refractivity contribution in [1.29, 1.82) is 5.26 Å². The smallest absolute Gasteiger partial charge is 0.232 e. The maximum atomic E-state index is 13.3. The summed E-state index contributed by atoms with van der Waals surface area (Å²) in [6.45, 7) is 2.11. The third-order valence-electron chi connectivity index (χ3n) is 4.78. The Hall–Kier alpha value is -2.75. The molecule has 6 heteroatoms. The van der Waals surface area contributed by atoms with E-state index in [1.165, 1.54) is 11.8 Å². The van der Waals surface area contributed by atoms with Gasteiger partial charge < -0.3 is 0 Å². The molecular weight excluding hydrogens is 410 g/mol. The number of thioether (sulfide) groups is 1. The first-order valence-electron chi connectivity index (χ1n) is 9.93. The zero-order valence-electron chi connectivity index (χ0n) is 16.7. The molecule has 0 spiro atoms. The molecule has 4 rings (SSSR count). The first-order chi connectivity index (χ1) is 14.7. The topological polar surface area (TPSA) is 57.0 Å². The van der Waals surface area contributed by atoms with Crippen LogP contribution in [0.5, 0.6) is 0 Å². The van der Waals surface area contributed by atoms with Crippen molar-refractivity contribution in [1.82, 2.24) is 4.98 Å². The lowest BCUT2D eigenvalue weighted by atomic mass is 10.2. The van der Waals surface area contributed by atoms with Crippen molar-refractivity contribution < 1.29 is 4.79 Å². The third kappa shape index (κ3) is 4.23. The molecular formula is C24H21N3OS2. The zero-order chi connectivity index (χ0) is 20.9. The Bertz CT molecular complexity index is 1080. The molecule has 0 N–H and O–H groups in total. The molecule has 0 radical (unpaired) electrons. The van der Waals surface area contributed by atoms with E-state index in [1.807, 2.05) is 65.6 Å². The van der Waals surface area contributed by atoms with Crippen LogP contribution in [-0.2, 0) is 11.2 Å². The molecule has 0 bridgehead atoms. The largest absolute Gasteiger partial charge is 0.279 e. The highest BCUT2D eigenvalue weighted by atomic mass is 32.2. The lowest BCUT2D eigenvalue weighted by molar-refractivity contribution is -0.117. The number of carbonyl (C=O) groups is 1. The number of nitriles is 1. The Kier molecular flexibility index (Phi) is 6.41. The van der Waals surface area contributed by atoms with Crippen LogP contribution in [0.15, 0.2) is 75.5 Å². The quantitative estimate of drug-likeness (QED) is 0.434. The molecule has 4 nitrogen and oxygen atoms in total. The van der Waals surface area contributed by atoms with Gasteiger partial charge in [0.2, 0.25) is 5.91 Å². The molecule has 0 saturated carbocycles. The minimum atomic E-state index is 0.0471. The molecule has 0 aliphatic carbocycles. The molecule has 0 atom stereocenters. The fourth-order valence-corrected chi connectivity index (χ4v) is 5.37. The number of carbonyl (C=O) groups excluding carboxylic acids is 1. The van der Waals surface area contributed by atoms with Crippen LogP contribution in [0, 0.1) is 11.3 Å². The number of fused-ring (bicyclic) bond motifs is 2. The standard InChI is InChI=1S/C24H21N3OS2/c1-2-7-18-13-12-17(16-25)24(26-18)29-15-14-23(28)27-19-8-3-5-10-21(19)30-22-11-6-4-9-20(22)27/h3-6,8-13H,2,7,14-15H2,1H3. The second kappa shape index (κ2) is 9.38. The SMILES string of the molecule is CCCc1ccc(C#N)c(SCCC(=O)N2c3ccccc3Sc3ccccc32)n1. The van der Waals surface area contributed by atoms with Crippen LogP contribution in [0.25, 0.3) is 0 Å². The van der Waals surface area contributed by atoms with Crippen LogP contribution >= 0.6 is 23.5 Å². The number of amides is 1. The summed E-state index contributed by atoms with van der Waals surface area (Å²) in [7, 11) is 0. The first kappa shape index (κ1) is 20.5. The summed E-state index contributed by atoms with van der Waals surface area (Å²) >= 11 is 3.17. The Balaban J connectivity index is 1.52. The third-order valence-corrected chi connectivity index (χ3v) is 6.90. The molecule has 0 fully saturated rings. The van der Waals surface area contributed by atoms with Gasteiger partial charge >= 0.3 is 0 Å². The van der Waals surface area contributed by atoms with Gasteiger partial charge in [0.25, 0.3) is 0 Å². The maximum absolute atomic E-state index is 13.3. The Morgan fingerprint density at radius 1 is 1.07 bits per heavy atom. The van der Waals surface area contributed by atoms with Gasteiger partial charge in [-0.2, -0.15) is 5.26 Å². The summed E-state index contributed by atoms with van der Waals surface area (Å²) < 4.78 is 0. The van der Waals surface area contributed by atoms with E-state index in [2.05, 4.69) is 18.0 Å². The van der Waals surface area contributed by atoms with Gasteiger partial charge in [-0.25, -0.2) is 4.98 Å². The number of rotatable bonds is 6. The average molecular weight is 432 g/mol. The molecule has 2 heterocycles. The normalized spacial score (nSPS) is 12.1. The van der Waals surface area contributed by atoms with E-state index in [-0.39, 0.29) is 5.91 Å². The van der Waals surface area contributed by atoms with Crippen molar-refractivity contribution in [3.05, 3.63) is 71.9 Å². The van der Waals surface area contributed by atoms with E-state index < -0.39 is 0 Å². The Morgan fingerprint density at radius 3 is 2.37 bits per heavy atom. The molecule has 0 saturated heterocycles. The maximum Gasteiger partial charge on any atom is 0.232 e. The second-order valence-electron chi connectivity index (χ2n) is 6.88. The van der Waals surface area contributed by atoms with E-state index in [0.29, 0.717) is 22.8 Å². The monoisotopic (exact) mass is 431 g/mol. The van der Waals surface area contributed by atoms with E-state index >= 15 is 0 Å². The summed E-state index contributed by atoms with van der Waals surface area (Å²) in [5, 5.41) is 10.1. The van der Waals surface area contributed by atoms with Crippen LogP contribution in [-0.4, -0.2) is 16.6 Å². The van der Waals surface area contributed by atoms with Gasteiger partial charge in [0.15, 0.2) is 0 Å². The van der Waals surface area contributed by atoms with E-state index in [0.717, 1.165) is 39.7 Å². The number of para-hydroxylation sites is 2. The van der Waals surface area contributed by atoms with E-state index in [9.17, 15) is 10.1 Å². The number of aryl methyl sites for hydroxylation is 1. The summed E-state index contributed by atoms with van der Waals surface area (Å²) in [5.41, 5.74) is 3.41. The zero-order valence-corrected chi connectivity index (χ0v) is 18.3. The highest BCUT2D eigenvalue weighted by Crippen LogP contribution is 2.48. The van der Waals surface area contributed by atoms with Gasteiger partial charge in [-0.1, -0.05) is 49.4 Å². The molecule has 1 aliphatic heterocycles. The number of nitrogens with zero attached hydrogens (tertiary/aromatic N) is 3. The van der Waals surface area contributed by atoms with Gasteiger partial charge in [0, 0.05) is 27.7 Å². The molecule has 3 aromatic rings. The molecule has 2 aromatic carbocycles. The molecule has 1 amide bonds. The van der Waals surface area contributed by atoms with Crippen molar-refractivity contribution in [2.45, 2.75) is 41.0 Å². The summed E-state index contributed by atoms with van der Waals surface area (Å²) in [6, 6.07) is 22.0. The minimum absolute atomic E-state index is 0.0471. The highest BCUT2D eigenvalue weighted by Gasteiger charge is 2.27. The number of pyridine rings is 1. The molecule has 30 heavy (non-hydrogen) atoms. The van der Waals surface area contributed by atoms with Gasteiger partial charge in [0.1, 0.15) is 11.1 Å². The van der Waals surface area contributed by atoms with Crippen molar-refractivity contribution in [3.8, 4) is 6.07 Å². The highest BCUT2D eigenvalue weighted by molar-refractivity contribution is 7.99. The summed E-state index contributed by atoms with van der Waals surface area (Å²) in [4.78, 5) is 21.9. The number of benzene rings is 2. The average Bonchev–Trinajstić information content (AvgIpc) is 2.77. The number of anilines is 2. The summed E-state index contributed by atoms with van der Waals surface area (Å²) in [5.74, 6) is 0.621. The van der Waals surface area contributed by atoms with Crippen molar-refractivity contribution >= 4 is 40.8 Å². The van der Waals surface area contributed by atoms with E-state index in [1.54, 1.807) is 11.8 Å². The van der Waals surface area contributed by atoms with Crippen molar-refractivity contribution in [2.75, 3.05) is 10.7 Å². The van der Waals surface area contributed by atoms with Gasteiger partial charge in [-0.15, -0.1) is 11.8 Å². The molecule has 150 valence electrons. The van der Waals surface area contributed by atoms with Crippen LogP contribution in [0.1, 0.15) is 31.0 Å². The van der Waals surface area contributed by atoms with E-state index in [4.69, 9.17) is 0 Å².